The Kier molecular flexibility index (Phi) is 5.12. The van der Waals surface area contributed by atoms with Crippen molar-refractivity contribution in [1.29, 1.82) is 0 Å². The standard InChI is InChI=1S/C12H24N2OS/c1-9(2)10(8-15-5)13-11-14-12(3,4)6-7-16-11/h9-10H,6-8H2,1-5H3,(H,13,14). The van der Waals surface area contributed by atoms with Crippen LogP contribution in [-0.4, -0.2) is 36.2 Å². The molecule has 1 saturated heterocycles. The molecular weight excluding hydrogens is 220 g/mol. The highest BCUT2D eigenvalue weighted by Crippen LogP contribution is 2.22. The summed E-state index contributed by atoms with van der Waals surface area (Å²) in [6.45, 7) is 9.52. The Balaban J connectivity index is 2.65. The first kappa shape index (κ1) is 13.8. The van der Waals surface area contributed by atoms with E-state index in [2.05, 4.69) is 33.0 Å². The van der Waals surface area contributed by atoms with Crippen molar-refractivity contribution < 1.29 is 4.74 Å². The maximum atomic E-state index is 5.21. The first-order chi connectivity index (χ1) is 7.44. The van der Waals surface area contributed by atoms with Gasteiger partial charge in [0.2, 0.25) is 0 Å². The Hall–Kier alpha value is -0.220. The van der Waals surface area contributed by atoms with Crippen molar-refractivity contribution in [3.63, 3.8) is 0 Å². The summed E-state index contributed by atoms with van der Waals surface area (Å²) in [6, 6.07) is 0.258. The molecule has 3 nitrogen and oxygen atoms in total. The van der Waals surface area contributed by atoms with Gasteiger partial charge in [-0.2, -0.15) is 0 Å². The summed E-state index contributed by atoms with van der Waals surface area (Å²) in [4.78, 5) is 4.76. The Bertz CT molecular complexity index is 251. The lowest BCUT2D eigenvalue weighted by molar-refractivity contribution is 0.165. The van der Waals surface area contributed by atoms with Crippen LogP contribution in [0.3, 0.4) is 0 Å². The monoisotopic (exact) mass is 244 g/mol. The zero-order valence-electron chi connectivity index (χ0n) is 11.0. The van der Waals surface area contributed by atoms with E-state index in [-0.39, 0.29) is 11.6 Å². The summed E-state index contributed by atoms with van der Waals surface area (Å²) in [5.74, 6) is 1.66. The zero-order chi connectivity index (χ0) is 12.2. The van der Waals surface area contributed by atoms with Gasteiger partial charge in [-0.15, -0.1) is 0 Å². The second-order valence-corrected chi connectivity index (χ2v) is 6.39. The molecule has 1 aliphatic heterocycles. The fraction of sp³-hybridized carbons (Fsp3) is 0.917. The zero-order valence-corrected chi connectivity index (χ0v) is 11.9. The Morgan fingerprint density at radius 2 is 2.19 bits per heavy atom. The molecule has 1 N–H and O–H groups in total. The fourth-order valence-corrected chi connectivity index (χ4v) is 2.92. The van der Waals surface area contributed by atoms with E-state index in [0.29, 0.717) is 12.5 Å². The van der Waals surface area contributed by atoms with Gasteiger partial charge in [-0.3, -0.25) is 4.99 Å². The van der Waals surface area contributed by atoms with Crippen molar-refractivity contribution in [1.82, 2.24) is 5.32 Å². The van der Waals surface area contributed by atoms with Crippen LogP contribution in [0.2, 0.25) is 0 Å². The van der Waals surface area contributed by atoms with Gasteiger partial charge in [-0.05, 0) is 26.2 Å². The Morgan fingerprint density at radius 3 is 2.69 bits per heavy atom. The van der Waals surface area contributed by atoms with Crippen molar-refractivity contribution in [2.75, 3.05) is 19.5 Å². The lowest BCUT2D eigenvalue weighted by Gasteiger charge is -2.33. The van der Waals surface area contributed by atoms with E-state index in [1.54, 1.807) is 7.11 Å². The van der Waals surface area contributed by atoms with Crippen LogP contribution in [0.1, 0.15) is 34.1 Å². The van der Waals surface area contributed by atoms with Crippen molar-refractivity contribution in [3.8, 4) is 0 Å². The number of rotatable bonds is 4. The highest BCUT2D eigenvalue weighted by molar-refractivity contribution is 8.13. The van der Waals surface area contributed by atoms with Crippen molar-refractivity contribution in [2.45, 2.75) is 45.7 Å². The molecule has 1 aliphatic rings. The van der Waals surface area contributed by atoms with Crippen molar-refractivity contribution >= 4 is 16.9 Å². The van der Waals surface area contributed by atoms with Gasteiger partial charge >= 0.3 is 0 Å². The highest BCUT2D eigenvalue weighted by atomic mass is 32.2. The van der Waals surface area contributed by atoms with Crippen molar-refractivity contribution in [3.05, 3.63) is 0 Å². The predicted molar refractivity (Wildman–Crippen MR) is 72.2 cm³/mol. The molecule has 0 spiro atoms. The first-order valence-electron chi connectivity index (χ1n) is 5.92. The van der Waals surface area contributed by atoms with Gasteiger partial charge in [0.25, 0.3) is 0 Å². The Labute approximate surface area is 103 Å². The third-order valence-corrected chi connectivity index (χ3v) is 3.69. The third-order valence-electron chi connectivity index (χ3n) is 2.80. The second-order valence-electron chi connectivity index (χ2n) is 5.31. The molecule has 94 valence electrons. The number of thioether (sulfide) groups is 1. The number of nitrogens with zero attached hydrogens (tertiary/aromatic N) is 1. The van der Waals surface area contributed by atoms with Crippen LogP contribution in [0, 0.1) is 5.92 Å². The van der Waals surface area contributed by atoms with E-state index in [0.717, 1.165) is 10.9 Å². The van der Waals surface area contributed by atoms with Crippen LogP contribution < -0.4 is 5.32 Å². The second kappa shape index (κ2) is 5.92. The van der Waals surface area contributed by atoms with E-state index in [1.807, 2.05) is 11.8 Å². The molecule has 0 saturated carbocycles. The molecule has 16 heavy (non-hydrogen) atoms. The molecule has 0 bridgehead atoms. The third kappa shape index (κ3) is 4.34. The fourth-order valence-electron chi connectivity index (χ4n) is 1.56. The quantitative estimate of drug-likeness (QED) is 0.825. The number of hydrogen-bond donors (Lipinski definition) is 1. The molecule has 0 radical (unpaired) electrons. The normalized spacial score (nSPS) is 24.5. The van der Waals surface area contributed by atoms with E-state index in [1.165, 1.54) is 6.42 Å². The topological polar surface area (TPSA) is 33.6 Å². The molecule has 0 aliphatic carbocycles. The van der Waals surface area contributed by atoms with Gasteiger partial charge in [0, 0.05) is 18.4 Å². The van der Waals surface area contributed by atoms with Crippen LogP contribution in [0.25, 0.3) is 0 Å². The average Bonchev–Trinajstić information content (AvgIpc) is 2.15. The van der Waals surface area contributed by atoms with Crippen LogP contribution in [0.15, 0.2) is 4.99 Å². The van der Waals surface area contributed by atoms with Gasteiger partial charge in [0.15, 0.2) is 5.17 Å². The molecule has 0 aromatic carbocycles. The van der Waals surface area contributed by atoms with E-state index in [9.17, 15) is 0 Å². The number of amidine groups is 1. The minimum Gasteiger partial charge on any atom is -0.382 e. The summed E-state index contributed by atoms with van der Waals surface area (Å²) >= 11 is 1.82. The molecule has 0 aromatic rings. The number of methoxy groups -OCH3 is 1. The summed E-state index contributed by atoms with van der Waals surface area (Å²) in [6.07, 6.45) is 1.19. The summed E-state index contributed by atoms with van der Waals surface area (Å²) in [5, 5.41) is 4.57. The van der Waals surface area contributed by atoms with Gasteiger partial charge < -0.3 is 10.1 Å². The van der Waals surface area contributed by atoms with Crippen LogP contribution >= 0.6 is 11.8 Å². The molecular formula is C12H24N2OS. The lowest BCUT2D eigenvalue weighted by atomic mass is 10.0. The van der Waals surface area contributed by atoms with Crippen LogP contribution in [0.5, 0.6) is 0 Å². The van der Waals surface area contributed by atoms with Gasteiger partial charge in [0.1, 0.15) is 0 Å². The lowest BCUT2D eigenvalue weighted by Crippen LogP contribution is -2.46. The SMILES string of the molecule is COCC(N=C1NC(C)(C)CCS1)C(C)C. The average molecular weight is 244 g/mol. The van der Waals surface area contributed by atoms with E-state index < -0.39 is 0 Å². The number of hydrogen-bond acceptors (Lipinski definition) is 3. The molecule has 4 heteroatoms. The van der Waals surface area contributed by atoms with E-state index in [4.69, 9.17) is 9.73 Å². The van der Waals surface area contributed by atoms with Gasteiger partial charge in [0.05, 0.1) is 12.6 Å². The molecule has 1 rings (SSSR count). The van der Waals surface area contributed by atoms with Gasteiger partial charge in [-0.25, -0.2) is 0 Å². The summed E-state index contributed by atoms with van der Waals surface area (Å²) in [5.41, 5.74) is 0.179. The first-order valence-corrected chi connectivity index (χ1v) is 6.91. The summed E-state index contributed by atoms with van der Waals surface area (Å²) < 4.78 is 5.21. The molecule has 1 fully saturated rings. The van der Waals surface area contributed by atoms with Gasteiger partial charge in [-0.1, -0.05) is 25.6 Å². The maximum Gasteiger partial charge on any atom is 0.157 e. The van der Waals surface area contributed by atoms with Crippen molar-refractivity contribution in [2.24, 2.45) is 10.9 Å². The summed E-state index contributed by atoms with van der Waals surface area (Å²) in [7, 11) is 1.74. The minimum absolute atomic E-state index is 0.179. The number of ether oxygens (including phenoxy) is 1. The molecule has 0 aromatic heterocycles. The highest BCUT2D eigenvalue weighted by Gasteiger charge is 2.25. The largest absolute Gasteiger partial charge is 0.382 e. The van der Waals surface area contributed by atoms with E-state index >= 15 is 0 Å². The predicted octanol–water partition coefficient (Wildman–Crippen LogP) is 2.52. The minimum atomic E-state index is 0.179. The number of aliphatic imine (C=N–C) groups is 1. The number of nitrogens with one attached hydrogen (secondary N) is 1. The van der Waals surface area contributed by atoms with Crippen LogP contribution in [-0.2, 0) is 4.74 Å². The smallest absolute Gasteiger partial charge is 0.157 e. The Morgan fingerprint density at radius 1 is 1.50 bits per heavy atom. The molecule has 1 heterocycles. The molecule has 1 unspecified atom stereocenters. The van der Waals surface area contributed by atoms with Crippen LogP contribution in [0.4, 0.5) is 0 Å². The molecule has 1 atom stereocenters. The maximum absolute atomic E-state index is 5.21. The molecule has 0 amide bonds.